The summed E-state index contributed by atoms with van der Waals surface area (Å²) in [5, 5.41) is 11.1. The topological polar surface area (TPSA) is 76.1 Å². The molecule has 2 atom stereocenters. The number of ketones is 1. The van der Waals surface area contributed by atoms with Crippen LogP contribution < -0.4 is 4.74 Å². The zero-order chi connectivity index (χ0) is 22.7. The van der Waals surface area contributed by atoms with Crippen molar-refractivity contribution in [2.45, 2.75) is 25.0 Å². The van der Waals surface area contributed by atoms with Crippen molar-refractivity contribution in [2.24, 2.45) is 0 Å². The van der Waals surface area contributed by atoms with Crippen molar-refractivity contribution in [2.75, 3.05) is 19.8 Å². The molecule has 2 unspecified atom stereocenters. The van der Waals surface area contributed by atoms with E-state index >= 15 is 0 Å². The maximum atomic E-state index is 14.0. The number of carbonyl (C=O) groups excluding carboxylic acids is 2. The van der Waals surface area contributed by atoms with Crippen LogP contribution in [0.2, 0.25) is 0 Å². The van der Waals surface area contributed by atoms with Crippen LogP contribution in [0.4, 0.5) is 4.39 Å². The highest BCUT2D eigenvalue weighted by Crippen LogP contribution is 2.40. The maximum absolute atomic E-state index is 14.0. The number of aliphatic hydroxyl groups is 1. The molecule has 0 aliphatic carbocycles. The molecule has 2 heterocycles. The lowest BCUT2D eigenvalue weighted by Crippen LogP contribution is -2.36. The first-order valence-corrected chi connectivity index (χ1v) is 10.5. The quantitative estimate of drug-likeness (QED) is 0.307. The molecule has 6 nitrogen and oxygen atoms in total. The van der Waals surface area contributed by atoms with E-state index in [-0.39, 0.29) is 24.0 Å². The molecule has 1 N–H and O–H groups in total. The van der Waals surface area contributed by atoms with Gasteiger partial charge in [-0.25, -0.2) is 4.39 Å². The van der Waals surface area contributed by atoms with Crippen LogP contribution in [0, 0.1) is 5.82 Å². The lowest BCUT2D eigenvalue weighted by atomic mass is 9.95. The summed E-state index contributed by atoms with van der Waals surface area (Å²) in [5.41, 5.74) is 0.695. The number of ether oxygens (including phenoxy) is 2. The number of likely N-dealkylation sites (tertiary alicyclic amines) is 1. The van der Waals surface area contributed by atoms with Gasteiger partial charge < -0.3 is 19.5 Å². The number of nitrogens with zero attached hydrogens (tertiary/aromatic N) is 1. The number of hydrogen-bond donors (Lipinski definition) is 1. The number of Topliss-reactive ketones (excluding diaryl/α,β-unsaturated/α-hetero) is 1. The van der Waals surface area contributed by atoms with Crippen LogP contribution >= 0.6 is 0 Å². The zero-order valence-corrected chi connectivity index (χ0v) is 17.5. The minimum atomic E-state index is -0.911. The van der Waals surface area contributed by atoms with Crippen molar-refractivity contribution in [3.63, 3.8) is 0 Å². The van der Waals surface area contributed by atoms with Gasteiger partial charge in [-0.2, -0.15) is 0 Å². The van der Waals surface area contributed by atoms with Gasteiger partial charge >= 0.3 is 0 Å². The zero-order valence-electron chi connectivity index (χ0n) is 17.5. The van der Waals surface area contributed by atoms with Crippen molar-refractivity contribution >= 4 is 17.4 Å². The van der Waals surface area contributed by atoms with Crippen LogP contribution in [0.3, 0.4) is 0 Å². The Labute approximate surface area is 185 Å². The molecule has 32 heavy (non-hydrogen) atoms. The molecule has 7 heteroatoms. The number of rotatable bonds is 7. The molecule has 2 aromatic rings. The van der Waals surface area contributed by atoms with Gasteiger partial charge in [-0.15, -0.1) is 0 Å². The molecule has 2 saturated heterocycles. The van der Waals surface area contributed by atoms with Gasteiger partial charge in [0.05, 0.1) is 17.7 Å². The summed E-state index contributed by atoms with van der Waals surface area (Å²) in [5.74, 6) is -1.78. The molecule has 0 aromatic heterocycles. The average molecular weight is 437 g/mol. The van der Waals surface area contributed by atoms with Crippen LogP contribution in [0.5, 0.6) is 5.75 Å². The van der Waals surface area contributed by atoms with Crippen LogP contribution in [-0.4, -0.2) is 47.6 Å². The summed E-state index contributed by atoms with van der Waals surface area (Å²) in [6, 6.07) is 11.3. The number of halogens is 1. The first-order chi connectivity index (χ1) is 15.5. The van der Waals surface area contributed by atoms with Crippen molar-refractivity contribution in [1.82, 2.24) is 4.90 Å². The Morgan fingerprint density at radius 2 is 2.03 bits per heavy atom. The second-order valence-corrected chi connectivity index (χ2v) is 7.77. The second-order valence-electron chi connectivity index (χ2n) is 7.77. The molecule has 4 rings (SSSR count). The third-order valence-electron chi connectivity index (χ3n) is 5.62. The van der Waals surface area contributed by atoms with Crippen LogP contribution in [0.15, 0.2) is 66.8 Å². The summed E-state index contributed by atoms with van der Waals surface area (Å²) in [6.45, 7) is 4.71. The molecule has 2 fully saturated rings. The molecule has 2 aliphatic rings. The maximum Gasteiger partial charge on any atom is 0.295 e. The Hall–Kier alpha value is -3.45. The number of aliphatic hydroxyl groups excluding tert-OH is 1. The Kier molecular flexibility index (Phi) is 6.37. The molecule has 0 radical (unpaired) electrons. The fourth-order valence-electron chi connectivity index (χ4n) is 4.12. The van der Waals surface area contributed by atoms with Crippen LogP contribution in [0.1, 0.15) is 30.0 Å². The lowest BCUT2D eigenvalue weighted by Gasteiger charge is -2.27. The van der Waals surface area contributed by atoms with Gasteiger partial charge in [-0.1, -0.05) is 24.8 Å². The fourth-order valence-corrected chi connectivity index (χ4v) is 4.12. The van der Waals surface area contributed by atoms with E-state index < -0.39 is 23.5 Å². The SMILES string of the molecule is C=CCOc1ccc(C(O)=C2C(=O)C(=O)N(CC3CCCO3)C2c2cccc(F)c2)cc1. The summed E-state index contributed by atoms with van der Waals surface area (Å²) >= 11 is 0. The Balaban J connectivity index is 1.75. The van der Waals surface area contributed by atoms with E-state index in [1.807, 2.05) is 0 Å². The van der Waals surface area contributed by atoms with E-state index in [0.29, 0.717) is 30.1 Å². The molecule has 0 saturated carbocycles. The molecule has 0 bridgehead atoms. The fraction of sp³-hybridized carbons (Fsp3) is 0.280. The Morgan fingerprint density at radius 1 is 1.25 bits per heavy atom. The van der Waals surface area contributed by atoms with Crippen molar-refractivity contribution in [3.8, 4) is 5.75 Å². The number of carbonyl (C=O) groups is 2. The van der Waals surface area contributed by atoms with Gasteiger partial charge in [0.25, 0.3) is 11.7 Å². The minimum Gasteiger partial charge on any atom is -0.507 e. The summed E-state index contributed by atoms with van der Waals surface area (Å²) in [4.78, 5) is 27.3. The normalized spacial score (nSPS) is 22.3. The lowest BCUT2D eigenvalue weighted by molar-refractivity contribution is -0.140. The van der Waals surface area contributed by atoms with E-state index in [2.05, 4.69) is 6.58 Å². The van der Waals surface area contributed by atoms with Gasteiger partial charge in [0.2, 0.25) is 0 Å². The standard InChI is InChI=1S/C25H24FNO5/c1-2-12-31-19-10-8-16(9-11-19)23(28)21-22(17-5-3-6-18(26)14-17)27(25(30)24(21)29)15-20-7-4-13-32-20/h2-3,5-6,8-11,14,20,22,28H,1,4,7,12-13,15H2. The summed E-state index contributed by atoms with van der Waals surface area (Å²) in [7, 11) is 0. The van der Waals surface area contributed by atoms with E-state index in [1.54, 1.807) is 36.4 Å². The Bertz CT molecular complexity index is 1060. The average Bonchev–Trinajstić information content (AvgIpc) is 3.40. The van der Waals surface area contributed by atoms with Gasteiger partial charge in [-0.3, -0.25) is 9.59 Å². The third-order valence-corrected chi connectivity index (χ3v) is 5.62. The minimum absolute atomic E-state index is 0.0710. The smallest absolute Gasteiger partial charge is 0.295 e. The number of hydrogen-bond acceptors (Lipinski definition) is 5. The van der Waals surface area contributed by atoms with Gasteiger partial charge in [0, 0.05) is 18.7 Å². The van der Waals surface area contributed by atoms with Gasteiger partial charge in [-0.05, 0) is 54.8 Å². The highest BCUT2D eigenvalue weighted by Gasteiger charge is 2.47. The van der Waals surface area contributed by atoms with E-state index in [4.69, 9.17) is 9.47 Å². The second kappa shape index (κ2) is 9.36. The Morgan fingerprint density at radius 3 is 2.69 bits per heavy atom. The molecule has 1 amide bonds. The monoisotopic (exact) mass is 437 g/mol. The number of benzene rings is 2. The first kappa shape index (κ1) is 21.8. The van der Waals surface area contributed by atoms with Crippen LogP contribution in [0.25, 0.3) is 5.76 Å². The van der Waals surface area contributed by atoms with E-state index in [9.17, 15) is 19.1 Å². The van der Waals surface area contributed by atoms with E-state index in [0.717, 1.165) is 12.8 Å². The summed E-state index contributed by atoms with van der Waals surface area (Å²) < 4.78 is 25.1. The molecule has 2 aromatic carbocycles. The van der Waals surface area contributed by atoms with Crippen molar-refractivity contribution in [3.05, 3.63) is 83.7 Å². The molecule has 2 aliphatic heterocycles. The predicted molar refractivity (Wildman–Crippen MR) is 117 cm³/mol. The molecular formula is C25H24FNO5. The van der Waals surface area contributed by atoms with Gasteiger partial charge in [0.1, 0.15) is 23.9 Å². The molecular weight excluding hydrogens is 413 g/mol. The largest absolute Gasteiger partial charge is 0.507 e. The van der Waals surface area contributed by atoms with Gasteiger partial charge in [0.15, 0.2) is 0 Å². The molecule has 166 valence electrons. The third kappa shape index (κ3) is 4.29. The first-order valence-electron chi connectivity index (χ1n) is 10.5. The molecule has 0 spiro atoms. The highest BCUT2D eigenvalue weighted by atomic mass is 19.1. The predicted octanol–water partition coefficient (Wildman–Crippen LogP) is 3.99. The highest BCUT2D eigenvalue weighted by molar-refractivity contribution is 6.46. The summed E-state index contributed by atoms with van der Waals surface area (Å²) in [6.07, 6.45) is 3.05. The van der Waals surface area contributed by atoms with Crippen molar-refractivity contribution in [1.29, 1.82) is 0 Å². The van der Waals surface area contributed by atoms with Crippen LogP contribution in [-0.2, 0) is 14.3 Å². The van der Waals surface area contributed by atoms with Crippen molar-refractivity contribution < 1.29 is 28.6 Å². The van der Waals surface area contributed by atoms with E-state index in [1.165, 1.54) is 23.1 Å². The number of amides is 1.